The van der Waals surface area contributed by atoms with E-state index in [1.54, 1.807) is 6.08 Å². The third-order valence-corrected chi connectivity index (χ3v) is 2.74. The summed E-state index contributed by atoms with van der Waals surface area (Å²) < 4.78 is 5.54. The molecule has 0 aromatic heterocycles. The third kappa shape index (κ3) is 5.14. The lowest BCUT2D eigenvalue weighted by atomic mass is 10.1. The van der Waals surface area contributed by atoms with Crippen molar-refractivity contribution in [3.05, 3.63) is 42.5 Å². The van der Waals surface area contributed by atoms with Crippen molar-refractivity contribution >= 4 is 5.91 Å². The Hall–Kier alpha value is -1.81. The summed E-state index contributed by atoms with van der Waals surface area (Å²) in [7, 11) is 1.84. The van der Waals surface area contributed by atoms with Crippen LogP contribution in [0.25, 0.3) is 0 Å². The Bertz CT molecular complexity index is 418. The molecule has 1 unspecified atom stereocenters. The summed E-state index contributed by atoms with van der Waals surface area (Å²) in [5.74, 6) is 0.767. The van der Waals surface area contributed by atoms with Gasteiger partial charge in [0.05, 0.1) is 0 Å². The molecule has 4 heteroatoms. The molecular formula is C15H22N2O2. The Morgan fingerprint density at radius 1 is 1.47 bits per heavy atom. The summed E-state index contributed by atoms with van der Waals surface area (Å²) in [5.41, 5.74) is 0.967. The number of amides is 1. The van der Waals surface area contributed by atoms with Crippen molar-refractivity contribution in [1.82, 2.24) is 10.6 Å². The molecule has 0 fully saturated rings. The maximum atomic E-state index is 11.8. The van der Waals surface area contributed by atoms with E-state index in [1.165, 1.54) is 0 Å². The Morgan fingerprint density at radius 3 is 2.89 bits per heavy atom. The molecule has 0 radical (unpaired) electrons. The van der Waals surface area contributed by atoms with Crippen molar-refractivity contribution in [2.45, 2.75) is 13.5 Å². The molecule has 0 saturated carbocycles. The maximum Gasteiger partial charge on any atom is 0.224 e. The molecule has 1 rings (SSSR count). The molecule has 1 aromatic rings. The van der Waals surface area contributed by atoms with E-state index in [9.17, 15) is 4.79 Å². The average molecular weight is 262 g/mol. The largest absolute Gasteiger partial charge is 0.489 e. The van der Waals surface area contributed by atoms with Crippen LogP contribution in [0.2, 0.25) is 0 Å². The van der Waals surface area contributed by atoms with Crippen LogP contribution in [0.15, 0.2) is 36.9 Å². The molecule has 1 amide bonds. The molecule has 4 nitrogen and oxygen atoms in total. The first-order valence-corrected chi connectivity index (χ1v) is 6.43. The monoisotopic (exact) mass is 262 g/mol. The van der Waals surface area contributed by atoms with Gasteiger partial charge in [0.15, 0.2) is 0 Å². The van der Waals surface area contributed by atoms with E-state index in [4.69, 9.17) is 4.74 Å². The Morgan fingerprint density at radius 2 is 2.21 bits per heavy atom. The number of carbonyl (C=O) groups excluding carboxylic acids is 1. The molecule has 104 valence electrons. The first-order valence-electron chi connectivity index (χ1n) is 6.43. The number of rotatable bonds is 8. The van der Waals surface area contributed by atoms with E-state index in [1.807, 2.05) is 38.2 Å². The van der Waals surface area contributed by atoms with Crippen LogP contribution in [0.3, 0.4) is 0 Å². The fourth-order valence-electron chi connectivity index (χ4n) is 1.69. The van der Waals surface area contributed by atoms with Gasteiger partial charge in [-0.1, -0.05) is 37.8 Å². The van der Waals surface area contributed by atoms with Crippen LogP contribution in [-0.4, -0.2) is 26.1 Å². The molecule has 0 bridgehead atoms. The molecule has 2 N–H and O–H groups in total. The number of nitrogens with one attached hydrogen (secondary N) is 2. The highest BCUT2D eigenvalue weighted by atomic mass is 16.5. The van der Waals surface area contributed by atoms with Gasteiger partial charge in [0.1, 0.15) is 12.4 Å². The Kier molecular flexibility index (Phi) is 6.68. The Labute approximate surface area is 114 Å². The van der Waals surface area contributed by atoms with Crippen molar-refractivity contribution in [2.24, 2.45) is 5.92 Å². The van der Waals surface area contributed by atoms with Gasteiger partial charge in [-0.05, 0) is 13.1 Å². The minimum atomic E-state index is -0.0498. The lowest BCUT2D eigenvalue weighted by Gasteiger charge is -2.14. The highest BCUT2D eigenvalue weighted by Crippen LogP contribution is 2.17. The number of hydrogen-bond acceptors (Lipinski definition) is 3. The lowest BCUT2D eigenvalue weighted by Crippen LogP contribution is -2.33. The van der Waals surface area contributed by atoms with E-state index in [2.05, 4.69) is 17.2 Å². The van der Waals surface area contributed by atoms with Crippen LogP contribution >= 0.6 is 0 Å². The molecule has 0 aliphatic rings. The Balaban J connectivity index is 2.56. The van der Waals surface area contributed by atoms with Crippen LogP contribution in [0.1, 0.15) is 12.5 Å². The second-order valence-corrected chi connectivity index (χ2v) is 4.38. The molecule has 0 spiro atoms. The predicted molar refractivity (Wildman–Crippen MR) is 77.1 cm³/mol. The minimum Gasteiger partial charge on any atom is -0.489 e. The summed E-state index contributed by atoms with van der Waals surface area (Å²) >= 11 is 0. The second kappa shape index (κ2) is 8.32. The van der Waals surface area contributed by atoms with Crippen LogP contribution < -0.4 is 15.4 Å². The van der Waals surface area contributed by atoms with Crippen molar-refractivity contribution in [3.63, 3.8) is 0 Å². The quantitative estimate of drug-likeness (QED) is 0.701. The molecule has 0 saturated heterocycles. The van der Waals surface area contributed by atoms with E-state index in [0.717, 1.165) is 11.3 Å². The first-order chi connectivity index (χ1) is 9.19. The fraction of sp³-hybridized carbons (Fsp3) is 0.400. The van der Waals surface area contributed by atoms with Gasteiger partial charge in [-0.2, -0.15) is 0 Å². The average Bonchev–Trinajstić information content (AvgIpc) is 2.43. The predicted octanol–water partition coefficient (Wildman–Crippen LogP) is 1.72. The van der Waals surface area contributed by atoms with Gasteiger partial charge >= 0.3 is 0 Å². The van der Waals surface area contributed by atoms with Crippen LogP contribution in [0.4, 0.5) is 0 Å². The van der Waals surface area contributed by atoms with Gasteiger partial charge in [0, 0.05) is 24.6 Å². The van der Waals surface area contributed by atoms with Crippen molar-refractivity contribution in [3.8, 4) is 5.75 Å². The van der Waals surface area contributed by atoms with Crippen molar-refractivity contribution < 1.29 is 9.53 Å². The minimum absolute atomic E-state index is 0.0351. The van der Waals surface area contributed by atoms with E-state index >= 15 is 0 Å². The number of hydrogen-bond donors (Lipinski definition) is 2. The van der Waals surface area contributed by atoms with Crippen LogP contribution in [-0.2, 0) is 11.3 Å². The second-order valence-electron chi connectivity index (χ2n) is 4.38. The molecule has 19 heavy (non-hydrogen) atoms. The van der Waals surface area contributed by atoms with Gasteiger partial charge in [-0.15, -0.1) is 0 Å². The summed E-state index contributed by atoms with van der Waals surface area (Å²) in [4.78, 5) is 11.8. The molecule has 0 aliphatic heterocycles. The highest BCUT2D eigenvalue weighted by molar-refractivity contribution is 5.78. The zero-order valence-electron chi connectivity index (χ0n) is 11.6. The van der Waals surface area contributed by atoms with Crippen molar-refractivity contribution in [2.75, 3.05) is 20.2 Å². The number of carbonyl (C=O) groups is 1. The summed E-state index contributed by atoms with van der Waals surface area (Å²) in [6, 6.07) is 7.68. The van der Waals surface area contributed by atoms with Gasteiger partial charge in [0.25, 0.3) is 0 Å². The molecule has 1 atom stereocenters. The van der Waals surface area contributed by atoms with Gasteiger partial charge < -0.3 is 15.4 Å². The molecule has 0 heterocycles. The van der Waals surface area contributed by atoms with Crippen molar-refractivity contribution in [1.29, 1.82) is 0 Å². The smallest absolute Gasteiger partial charge is 0.224 e. The van der Waals surface area contributed by atoms with Crippen LogP contribution in [0, 0.1) is 5.92 Å². The maximum absolute atomic E-state index is 11.8. The van der Waals surface area contributed by atoms with Crippen LogP contribution in [0.5, 0.6) is 5.75 Å². The summed E-state index contributed by atoms with van der Waals surface area (Å²) in [5, 5.41) is 5.90. The first kappa shape index (κ1) is 15.2. The zero-order chi connectivity index (χ0) is 14.1. The molecule has 0 aliphatic carbocycles. The van der Waals surface area contributed by atoms with E-state index in [-0.39, 0.29) is 11.8 Å². The SMILES string of the molecule is C=CCOc1ccccc1CNC(=O)C(C)CNC. The van der Waals surface area contributed by atoms with Gasteiger partial charge in [0.2, 0.25) is 5.91 Å². The molecular weight excluding hydrogens is 240 g/mol. The molecule has 1 aromatic carbocycles. The summed E-state index contributed by atoms with van der Waals surface area (Å²) in [6.07, 6.45) is 1.70. The fourth-order valence-corrected chi connectivity index (χ4v) is 1.69. The summed E-state index contributed by atoms with van der Waals surface area (Å²) in [6.45, 7) is 7.12. The lowest BCUT2D eigenvalue weighted by molar-refractivity contribution is -0.124. The number of benzene rings is 1. The standard InChI is InChI=1S/C15H22N2O2/c1-4-9-19-14-8-6-5-7-13(14)11-17-15(18)12(2)10-16-3/h4-8,12,16H,1,9-11H2,2-3H3,(H,17,18). The third-order valence-electron chi connectivity index (χ3n) is 2.74. The zero-order valence-corrected chi connectivity index (χ0v) is 11.6. The number of ether oxygens (including phenoxy) is 1. The van der Waals surface area contributed by atoms with Gasteiger partial charge in [-0.25, -0.2) is 0 Å². The van der Waals surface area contributed by atoms with Gasteiger partial charge in [-0.3, -0.25) is 4.79 Å². The highest BCUT2D eigenvalue weighted by Gasteiger charge is 2.12. The number of para-hydroxylation sites is 1. The normalized spacial score (nSPS) is 11.7. The van der Waals surface area contributed by atoms with E-state index < -0.39 is 0 Å². The van der Waals surface area contributed by atoms with E-state index in [0.29, 0.717) is 19.7 Å². The topological polar surface area (TPSA) is 50.4 Å².